The van der Waals surface area contributed by atoms with Crippen molar-refractivity contribution in [2.45, 2.75) is 79.6 Å². The number of hydrogen-bond donors (Lipinski definition) is 0. The summed E-state index contributed by atoms with van der Waals surface area (Å²) in [5.74, 6) is 0.0442. The molecule has 0 aliphatic rings. The van der Waals surface area contributed by atoms with Gasteiger partial charge in [0.25, 0.3) is 0 Å². The normalized spacial score (nSPS) is 16.7. The van der Waals surface area contributed by atoms with Gasteiger partial charge in [-0.15, -0.1) is 0 Å². The Morgan fingerprint density at radius 2 is 1.32 bits per heavy atom. The smallest absolute Gasteiger partial charge is 0.298 e. The van der Waals surface area contributed by atoms with Crippen molar-refractivity contribution in [3.63, 3.8) is 0 Å². The van der Waals surface area contributed by atoms with Crippen LogP contribution < -0.4 is 0 Å². The van der Waals surface area contributed by atoms with Gasteiger partial charge in [0, 0.05) is 18.6 Å². The molecule has 19 heavy (non-hydrogen) atoms. The maximum Gasteiger partial charge on any atom is 0.395 e. The lowest BCUT2D eigenvalue weighted by Gasteiger charge is -2.43. The molecular weight excluding hydrogens is 251 g/mol. The van der Waals surface area contributed by atoms with Crippen LogP contribution in [0.3, 0.4) is 0 Å². The minimum atomic E-state index is -4.14. The van der Waals surface area contributed by atoms with E-state index in [1.807, 2.05) is 46.4 Å². The number of halogens is 3. The zero-order valence-corrected chi connectivity index (χ0v) is 13.4. The van der Waals surface area contributed by atoms with Crippen LogP contribution in [0.15, 0.2) is 0 Å². The molecule has 1 nitrogen and oxygen atoms in total. The first-order valence-corrected chi connectivity index (χ1v) is 7.29. The molecular formula is C15H30F3N. The molecule has 0 bridgehead atoms. The molecule has 0 aliphatic carbocycles. The molecule has 0 amide bonds. The fraction of sp³-hybridized carbons (Fsp3) is 1.00. The van der Waals surface area contributed by atoms with Gasteiger partial charge >= 0.3 is 6.18 Å². The maximum atomic E-state index is 13.6. The second-order valence-corrected chi connectivity index (χ2v) is 6.59. The van der Waals surface area contributed by atoms with Gasteiger partial charge in [-0.2, -0.15) is 13.2 Å². The quantitative estimate of drug-likeness (QED) is 0.627. The number of nitrogens with zero attached hydrogens (tertiary/aromatic N) is 1. The predicted octanol–water partition coefficient (Wildman–Crippen LogP) is 5.11. The van der Waals surface area contributed by atoms with Crippen molar-refractivity contribution in [1.82, 2.24) is 4.90 Å². The van der Waals surface area contributed by atoms with Crippen LogP contribution >= 0.6 is 0 Å². The Hall–Kier alpha value is -0.250. The molecule has 0 aromatic heterocycles. The lowest BCUT2D eigenvalue weighted by Crippen LogP contribution is -2.51. The van der Waals surface area contributed by atoms with Gasteiger partial charge in [0.15, 0.2) is 0 Å². The van der Waals surface area contributed by atoms with Gasteiger partial charge < -0.3 is 0 Å². The van der Waals surface area contributed by atoms with Crippen LogP contribution in [0.4, 0.5) is 13.2 Å². The Bertz CT molecular complexity index is 251. The minimum absolute atomic E-state index is 0.0442. The summed E-state index contributed by atoms with van der Waals surface area (Å²) < 4.78 is 40.8. The molecule has 116 valence electrons. The molecule has 0 N–H and O–H groups in total. The van der Waals surface area contributed by atoms with Crippen molar-refractivity contribution in [2.24, 2.45) is 11.3 Å². The van der Waals surface area contributed by atoms with E-state index < -0.39 is 11.6 Å². The molecule has 0 aromatic carbocycles. The highest BCUT2D eigenvalue weighted by Gasteiger charge is 2.54. The van der Waals surface area contributed by atoms with Crippen LogP contribution in [0.5, 0.6) is 0 Å². The minimum Gasteiger partial charge on any atom is -0.298 e. The molecule has 0 rings (SSSR count). The first kappa shape index (κ1) is 18.8. The van der Waals surface area contributed by atoms with Crippen molar-refractivity contribution in [3.8, 4) is 0 Å². The third-order valence-corrected chi connectivity index (χ3v) is 3.89. The average Bonchev–Trinajstić information content (AvgIpc) is 2.20. The molecule has 1 atom stereocenters. The molecule has 0 saturated heterocycles. The lowest BCUT2D eigenvalue weighted by molar-refractivity contribution is -0.239. The van der Waals surface area contributed by atoms with E-state index in [-0.39, 0.29) is 37.4 Å². The standard InChI is InChI=1S/C15H30F3N/c1-8-14(9-11(2)3,15(16,17)18)10-19(12(4)5)13(6)7/h11-13H,8-10H2,1-7H3. The molecule has 1 unspecified atom stereocenters. The first-order valence-electron chi connectivity index (χ1n) is 7.29. The van der Waals surface area contributed by atoms with E-state index in [2.05, 4.69) is 0 Å². The van der Waals surface area contributed by atoms with Crippen LogP contribution in [-0.4, -0.2) is 29.7 Å². The molecule has 4 heteroatoms. The van der Waals surface area contributed by atoms with Gasteiger partial charge in [0.1, 0.15) is 0 Å². The Morgan fingerprint density at radius 1 is 0.895 bits per heavy atom. The van der Waals surface area contributed by atoms with Crippen molar-refractivity contribution in [2.75, 3.05) is 6.54 Å². The molecule has 0 spiro atoms. The summed E-state index contributed by atoms with van der Waals surface area (Å²) in [4.78, 5) is 1.96. The van der Waals surface area contributed by atoms with E-state index in [1.54, 1.807) is 6.92 Å². The SMILES string of the molecule is CCC(CC(C)C)(CN(C(C)C)C(C)C)C(F)(F)F. The molecule has 0 aromatic rings. The van der Waals surface area contributed by atoms with E-state index in [1.165, 1.54) is 0 Å². The summed E-state index contributed by atoms with van der Waals surface area (Å²) >= 11 is 0. The zero-order chi connectivity index (χ0) is 15.4. The summed E-state index contributed by atoms with van der Waals surface area (Å²) in [5.41, 5.74) is -1.59. The number of alkyl halides is 3. The monoisotopic (exact) mass is 281 g/mol. The highest BCUT2D eigenvalue weighted by molar-refractivity contribution is 4.91. The second-order valence-electron chi connectivity index (χ2n) is 6.59. The number of hydrogen-bond acceptors (Lipinski definition) is 1. The third-order valence-electron chi connectivity index (χ3n) is 3.89. The largest absolute Gasteiger partial charge is 0.395 e. The fourth-order valence-electron chi connectivity index (χ4n) is 2.82. The summed E-state index contributed by atoms with van der Waals surface area (Å²) in [6.45, 7) is 13.3. The van der Waals surface area contributed by atoms with Crippen molar-refractivity contribution in [1.29, 1.82) is 0 Å². The van der Waals surface area contributed by atoms with Gasteiger partial charge in [-0.25, -0.2) is 0 Å². The van der Waals surface area contributed by atoms with E-state index in [4.69, 9.17) is 0 Å². The Balaban J connectivity index is 5.35. The van der Waals surface area contributed by atoms with Gasteiger partial charge in [-0.1, -0.05) is 20.8 Å². The van der Waals surface area contributed by atoms with Gasteiger partial charge in [-0.05, 0) is 46.5 Å². The van der Waals surface area contributed by atoms with Gasteiger partial charge in [0.2, 0.25) is 0 Å². The Morgan fingerprint density at radius 3 is 1.53 bits per heavy atom. The molecule has 0 fully saturated rings. The fourth-order valence-corrected chi connectivity index (χ4v) is 2.82. The summed E-state index contributed by atoms with van der Waals surface area (Å²) in [7, 11) is 0. The van der Waals surface area contributed by atoms with Crippen LogP contribution in [0.2, 0.25) is 0 Å². The summed E-state index contributed by atoms with van der Waals surface area (Å²) in [6, 6.07) is 0.251. The Kier molecular flexibility index (Phi) is 6.87. The van der Waals surface area contributed by atoms with E-state index in [0.29, 0.717) is 0 Å². The average molecular weight is 281 g/mol. The van der Waals surface area contributed by atoms with Crippen LogP contribution in [0, 0.1) is 11.3 Å². The predicted molar refractivity (Wildman–Crippen MR) is 75.2 cm³/mol. The van der Waals surface area contributed by atoms with E-state index >= 15 is 0 Å². The molecule has 0 heterocycles. The maximum absolute atomic E-state index is 13.6. The summed E-state index contributed by atoms with van der Waals surface area (Å²) in [5, 5.41) is 0. The van der Waals surface area contributed by atoms with Gasteiger partial charge in [-0.3, -0.25) is 4.90 Å². The lowest BCUT2D eigenvalue weighted by atomic mass is 9.76. The highest BCUT2D eigenvalue weighted by Crippen LogP contribution is 2.46. The molecule has 0 radical (unpaired) electrons. The van der Waals surface area contributed by atoms with Crippen molar-refractivity contribution >= 4 is 0 Å². The van der Waals surface area contributed by atoms with Crippen molar-refractivity contribution in [3.05, 3.63) is 0 Å². The van der Waals surface area contributed by atoms with Crippen LogP contribution in [-0.2, 0) is 0 Å². The van der Waals surface area contributed by atoms with E-state index in [9.17, 15) is 13.2 Å². The first-order chi connectivity index (χ1) is 8.47. The van der Waals surface area contributed by atoms with Crippen LogP contribution in [0.1, 0.15) is 61.3 Å². The van der Waals surface area contributed by atoms with Crippen molar-refractivity contribution < 1.29 is 13.2 Å². The Labute approximate surface area is 116 Å². The molecule has 0 aliphatic heterocycles. The van der Waals surface area contributed by atoms with E-state index in [0.717, 1.165) is 0 Å². The highest BCUT2D eigenvalue weighted by atomic mass is 19.4. The van der Waals surface area contributed by atoms with Gasteiger partial charge in [0.05, 0.1) is 5.41 Å². The van der Waals surface area contributed by atoms with Crippen LogP contribution in [0.25, 0.3) is 0 Å². The summed E-state index contributed by atoms with van der Waals surface area (Å²) in [6.07, 6.45) is -3.80. The second kappa shape index (κ2) is 6.96. The third kappa shape index (κ3) is 4.97. The number of rotatable bonds is 7. The molecule has 0 saturated carbocycles. The topological polar surface area (TPSA) is 3.24 Å². The zero-order valence-electron chi connectivity index (χ0n) is 13.4.